The van der Waals surface area contributed by atoms with Crippen LogP contribution in [0, 0.1) is 12.8 Å². The molecule has 2 fully saturated rings. The second-order valence-corrected chi connectivity index (χ2v) is 7.95. The van der Waals surface area contributed by atoms with Crippen molar-refractivity contribution in [3.63, 3.8) is 0 Å². The van der Waals surface area contributed by atoms with Gasteiger partial charge in [-0.25, -0.2) is 0 Å². The molecule has 3 heterocycles. The Balaban J connectivity index is 1.42. The average Bonchev–Trinajstić information content (AvgIpc) is 3.23. The monoisotopic (exact) mass is 396 g/mol. The van der Waals surface area contributed by atoms with Crippen LogP contribution in [0.3, 0.4) is 0 Å². The number of hydrogen-bond acceptors (Lipinski definition) is 5. The number of H-pyrrole nitrogens is 1. The van der Waals surface area contributed by atoms with Crippen molar-refractivity contribution in [2.45, 2.75) is 31.7 Å². The molecule has 4 rings (SSSR count). The summed E-state index contributed by atoms with van der Waals surface area (Å²) in [6.07, 6.45) is 1.82. The lowest BCUT2D eigenvalue weighted by molar-refractivity contribution is 0.0668. The highest BCUT2D eigenvalue weighted by Gasteiger charge is 2.37. The first kappa shape index (κ1) is 19.7. The van der Waals surface area contributed by atoms with Crippen molar-refractivity contribution in [3.8, 4) is 5.75 Å². The molecule has 0 saturated carbocycles. The summed E-state index contributed by atoms with van der Waals surface area (Å²) in [5, 5.41) is 0. The fraction of sp³-hybridized carbons (Fsp3) is 0.455. The number of methoxy groups -OCH3 is 1. The molecule has 1 amide bonds. The quantitative estimate of drug-likeness (QED) is 0.734. The molecule has 0 aliphatic carbocycles. The first-order valence-corrected chi connectivity index (χ1v) is 10.2. The van der Waals surface area contributed by atoms with Gasteiger partial charge in [0, 0.05) is 37.3 Å². The first-order chi connectivity index (χ1) is 14.1. The predicted octanol–water partition coefficient (Wildman–Crippen LogP) is 1.80. The van der Waals surface area contributed by atoms with Gasteiger partial charge in [0.25, 0.3) is 11.5 Å². The Bertz CT molecular complexity index is 934. The van der Waals surface area contributed by atoms with Crippen LogP contribution in [0.15, 0.2) is 41.2 Å². The van der Waals surface area contributed by atoms with E-state index < -0.39 is 0 Å². The maximum Gasteiger partial charge on any atom is 0.260 e. The molecule has 1 aromatic heterocycles. The van der Waals surface area contributed by atoms with E-state index in [1.807, 2.05) is 19.1 Å². The highest BCUT2D eigenvalue weighted by molar-refractivity contribution is 5.93. The Morgan fingerprint density at radius 3 is 2.69 bits per heavy atom. The fourth-order valence-electron chi connectivity index (χ4n) is 4.53. The van der Waals surface area contributed by atoms with Crippen molar-refractivity contribution < 1.29 is 9.53 Å². The molecule has 2 atom stereocenters. The zero-order valence-electron chi connectivity index (χ0n) is 16.9. The highest BCUT2D eigenvalue weighted by Crippen LogP contribution is 2.33. The van der Waals surface area contributed by atoms with Gasteiger partial charge in [0.15, 0.2) is 0 Å². The topological polar surface area (TPSA) is 86.5 Å². The summed E-state index contributed by atoms with van der Waals surface area (Å²) in [5.74, 6) is 1.52. The number of ether oxygens (including phenoxy) is 1. The summed E-state index contributed by atoms with van der Waals surface area (Å²) in [6, 6.07) is 12.0. The van der Waals surface area contributed by atoms with Crippen molar-refractivity contribution >= 4 is 5.91 Å². The second-order valence-electron chi connectivity index (χ2n) is 7.95. The van der Waals surface area contributed by atoms with Crippen molar-refractivity contribution in [1.82, 2.24) is 20.7 Å². The summed E-state index contributed by atoms with van der Waals surface area (Å²) in [7, 11) is 1.69. The molecular weight excluding hydrogens is 368 g/mol. The van der Waals surface area contributed by atoms with Crippen LogP contribution in [0.2, 0.25) is 0 Å². The van der Waals surface area contributed by atoms with Crippen LogP contribution >= 0.6 is 0 Å². The summed E-state index contributed by atoms with van der Waals surface area (Å²) in [4.78, 5) is 29.4. The van der Waals surface area contributed by atoms with Gasteiger partial charge in [-0.05, 0) is 55.5 Å². The third-order valence-electron chi connectivity index (χ3n) is 6.17. The lowest BCUT2D eigenvalue weighted by Gasteiger charge is -2.36. The number of pyridine rings is 1. The van der Waals surface area contributed by atoms with Gasteiger partial charge in [0.05, 0.1) is 7.11 Å². The smallest absolute Gasteiger partial charge is 0.260 e. The van der Waals surface area contributed by atoms with Crippen LogP contribution in [-0.4, -0.2) is 48.6 Å². The maximum atomic E-state index is 12.8. The zero-order valence-corrected chi connectivity index (χ0v) is 16.9. The molecule has 1 aromatic carbocycles. The number of carbonyl (C=O) groups is 1. The van der Waals surface area contributed by atoms with Gasteiger partial charge in [0.2, 0.25) is 0 Å². The van der Waals surface area contributed by atoms with Gasteiger partial charge in [0.1, 0.15) is 11.3 Å². The SMILES string of the molecule is COc1cccc(C2CNNC2C2CCN(C(=O)c3ccc(C)[nH]c3=O)CC2)c1. The lowest BCUT2D eigenvalue weighted by Crippen LogP contribution is -2.46. The second kappa shape index (κ2) is 8.39. The molecule has 2 unspecified atom stereocenters. The number of aromatic amines is 1. The molecule has 154 valence electrons. The normalized spacial score (nSPS) is 22.6. The van der Waals surface area contributed by atoms with E-state index in [0.717, 1.165) is 30.8 Å². The number of likely N-dealkylation sites (tertiary alicyclic amines) is 1. The number of aryl methyl sites for hydroxylation is 1. The van der Waals surface area contributed by atoms with E-state index in [1.54, 1.807) is 24.1 Å². The zero-order chi connectivity index (χ0) is 20.4. The number of carbonyl (C=O) groups excluding carboxylic acids is 1. The molecule has 2 saturated heterocycles. The lowest BCUT2D eigenvalue weighted by atomic mass is 9.80. The molecule has 3 N–H and O–H groups in total. The minimum absolute atomic E-state index is 0.174. The molecule has 7 nitrogen and oxygen atoms in total. The van der Waals surface area contributed by atoms with E-state index in [-0.39, 0.29) is 17.0 Å². The Hall–Kier alpha value is -2.64. The summed E-state index contributed by atoms with van der Waals surface area (Å²) < 4.78 is 5.38. The number of nitrogens with one attached hydrogen (secondary N) is 3. The number of aromatic nitrogens is 1. The van der Waals surface area contributed by atoms with Crippen molar-refractivity contribution in [1.29, 1.82) is 0 Å². The molecule has 2 aliphatic rings. The van der Waals surface area contributed by atoms with E-state index in [9.17, 15) is 9.59 Å². The van der Waals surface area contributed by atoms with Gasteiger partial charge < -0.3 is 14.6 Å². The molecule has 2 aromatic rings. The minimum atomic E-state index is -0.308. The van der Waals surface area contributed by atoms with Crippen LogP contribution in [0.5, 0.6) is 5.75 Å². The third kappa shape index (κ3) is 4.06. The van der Waals surface area contributed by atoms with E-state index >= 15 is 0 Å². The van der Waals surface area contributed by atoms with Crippen LogP contribution < -0.4 is 21.1 Å². The minimum Gasteiger partial charge on any atom is -0.497 e. The molecule has 2 aliphatic heterocycles. The van der Waals surface area contributed by atoms with Crippen molar-refractivity contribution in [2.75, 3.05) is 26.7 Å². The molecule has 29 heavy (non-hydrogen) atoms. The Labute approximate surface area is 170 Å². The number of piperidine rings is 1. The third-order valence-corrected chi connectivity index (χ3v) is 6.17. The highest BCUT2D eigenvalue weighted by atomic mass is 16.5. The molecule has 0 radical (unpaired) electrons. The van der Waals surface area contributed by atoms with E-state index in [4.69, 9.17) is 4.74 Å². The maximum absolute atomic E-state index is 12.8. The van der Waals surface area contributed by atoms with Crippen LogP contribution in [0.1, 0.15) is 40.4 Å². The first-order valence-electron chi connectivity index (χ1n) is 10.2. The van der Waals surface area contributed by atoms with Gasteiger partial charge in [-0.3, -0.25) is 20.4 Å². The van der Waals surface area contributed by atoms with E-state index in [1.165, 1.54) is 5.56 Å². The number of rotatable bonds is 4. The Morgan fingerprint density at radius 2 is 1.97 bits per heavy atom. The largest absolute Gasteiger partial charge is 0.497 e. The van der Waals surface area contributed by atoms with Crippen LogP contribution in [0.4, 0.5) is 0 Å². The van der Waals surface area contributed by atoms with Gasteiger partial charge in [-0.1, -0.05) is 12.1 Å². The molecule has 0 spiro atoms. The summed E-state index contributed by atoms with van der Waals surface area (Å²) >= 11 is 0. The molecule has 7 heteroatoms. The van der Waals surface area contributed by atoms with Crippen molar-refractivity contribution in [3.05, 3.63) is 63.6 Å². The Kier molecular flexibility index (Phi) is 5.69. The number of hydrazine groups is 1. The van der Waals surface area contributed by atoms with Gasteiger partial charge in [-0.2, -0.15) is 0 Å². The number of nitrogens with zero attached hydrogens (tertiary/aromatic N) is 1. The van der Waals surface area contributed by atoms with Crippen molar-refractivity contribution in [2.24, 2.45) is 5.92 Å². The molecular formula is C22H28N4O3. The Morgan fingerprint density at radius 1 is 1.17 bits per heavy atom. The van der Waals surface area contributed by atoms with Gasteiger partial charge >= 0.3 is 0 Å². The molecule has 0 bridgehead atoms. The predicted molar refractivity (Wildman–Crippen MR) is 111 cm³/mol. The summed E-state index contributed by atoms with van der Waals surface area (Å²) in [5.41, 5.74) is 8.70. The van der Waals surface area contributed by atoms with Crippen LogP contribution in [0.25, 0.3) is 0 Å². The standard InChI is InChI=1S/C22H28N4O3/c1-14-6-7-18(21(27)24-14)22(28)26-10-8-15(9-11-26)20-19(13-23-25-20)16-4-3-5-17(12-16)29-2/h3-7,12,15,19-20,23,25H,8-11,13H2,1-2H3,(H,24,27). The van der Waals surface area contributed by atoms with Crippen LogP contribution in [-0.2, 0) is 0 Å². The average molecular weight is 396 g/mol. The fourth-order valence-corrected chi connectivity index (χ4v) is 4.53. The number of hydrogen-bond donors (Lipinski definition) is 3. The summed E-state index contributed by atoms with van der Waals surface area (Å²) in [6.45, 7) is 4.01. The number of amides is 1. The van der Waals surface area contributed by atoms with Gasteiger partial charge in [-0.15, -0.1) is 0 Å². The number of benzene rings is 1. The van der Waals surface area contributed by atoms with E-state index in [0.29, 0.717) is 31.0 Å². The van der Waals surface area contributed by atoms with E-state index in [2.05, 4.69) is 28.0 Å².